The van der Waals surface area contributed by atoms with E-state index in [-0.39, 0.29) is 0 Å². The van der Waals surface area contributed by atoms with Gasteiger partial charge in [-0.15, -0.1) is 0 Å². The smallest absolute Gasteiger partial charge is 0.140 e. The molecule has 3 rings (SSSR count). The van der Waals surface area contributed by atoms with Crippen LogP contribution in [0.5, 0.6) is 0 Å². The minimum absolute atomic E-state index is 0.490. The number of fused-ring (bicyclic) bond motifs is 2. The maximum Gasteiger partial charge on any atom is 0.140 e. The van der Waals surface area contributed by atoms with Crippen molar-refractivity contribution in [2.45, 2.75) is 25.4 Å². The van der Waals surface area contributed by atoms with E-state index in [4.69, 9.17) is 5.26 Å². The van der Waals surface area contributed by atoms with Crippen LogP contribution in [0.3, 0.4) is 0 Å². The molecule has 88 valence electrons. The molecule has 1 aromatic rings. The van der Waals surface area contributed by atoms with Gasteiger partial charge in [-0.2, -0.15) is 5.26 Å². The van der Waals surface area contributed by atoms with E-state index >= 15 is 0 Å². The van der Waals surface area contributed by atoms with Crippen LogP contribution in [0.2, 0.25) is 0 Å². The molecule has 1 N–H and O–H groups in total. The lowest BCUT2D eigenvalue weighted by Gasteiger charge is -2.37. The van der Waals surface area contributed by atoms with E-state index in [0.29, 0.717) is 17.8 Å². The summed E-state index contributed by atoms with van der Waals surface area (Å²) in [6.45, 7) is 4.43. The third kappa shape index (κ3) is 1.67. The van der Waals surface area contributed by atoms with Crippen molar-refractivity contribution in [3.63, 3.8) is 0 Å². The number of anilines is 1. The molecule has 0 aromatic carbocycles. The maximum atomic E-state index is 8.76. The molecular formula is C13H16N4. The highest BCUT2D eigenvalue weighted by Crippen LogP contribution is 2.35. The lowest BCUT2D eigenvalue weighted by molar-refractivity contribution is 0.456. The molecule has 2 aliphatic rings. The Hall–Kier alpha value is -1.60. The number of nitrogens with zero attached hydrogens (tertiary/aromatic N) is 3. The molecule has 2 saturated heterocycles. The summed E-state index contributed by atoms with van der Waals surface area (Å²) < 4.78 is 0. The predicted octanol–water partition coefficient (Wildman–Crippen LogP) is 1.14. The number of nitriles is 1. The molecule has 4 nitrogen and oxygen atoms in total. The number of hydrogen-bond acceptors (Lipinski definition) is 4. The average Bonchev–Trinajstić information content (AvgIpc) is 2.55. The Labute approximate surface area is 101 Å². The summed E-state index contributed by atoms with van der Waals surface area (Å²) in [6.07, 6.45) is 3.08. The molecule has 2 aliphatic heterocycles. The number of aromatic nitrogens is 1. The normalized spacial score (nSPS) is 31.3. The van der Waals surface area contributed by atoms with Crippen molar-refractivity contribution < 1.29 is 0 Å². The topological polar surface area (TPSA) is 52.0 Å². The number of rotatable bonds is 1. The van der Waals surface area contributed by atoms with Gasteiger partial charge in [-0.3, -0.25) is 0 Å². The van der Waals surface area contributed by atoms with Crippen molar-refractivity contribution in [2.75, 3.05) is 18.0 Å². The highest BCUT2D eigenvalue weighted by Gasteiger charge is 2.41. The summed E-state index contributed by atoms with van der Waals surface area (Å²) in [7, 11) is 0. The van der Waals surface area contributed by atoms with Gasteiger partial charge < -0.3 is 10.2 Å². The Morgan fingerprint density at radius 3 is 3.00 bits per heavy atom. The molecule has 0 amide bonds. The van der Waals surface area contributed by atoms with Gasteiger partial charge in [-0.1, -0.05) is 6.92 Å². The predicted molar refractivity (Wildman–Crippen MR) is 65.7 cm³/mol. The van der Waals surface area contributed by atoms with Gasteiger partial charge in [0.05, 0.1) is 11.9 Å². The van der Waals surface area contributed by atoms with Crippen molar-refractivity contribution in [3.8, 4) is 6.07 Å². The fraction of sp³-hybridized carbons (Fsp3) is 0.538. The third-order valence-electron chi connectivity index (χ3n) is 3.95. The first-order valence-corrected chi connectivity index (χ1v) is 6.15. The SMILES string of the molecule is C[C@H]1CC2CNCC1N2c1ccc(C#N)nc1. The van der Waals surface area contributed by atoms with Crippen LogP contribution >= 0.6 is 0 Å². The van der Waals surface area contributed by atoms with Crippen LogP contribution in [-0.2, 0) is 0 Å². The van der Waals surface area contributed by atoms with Crippen molar-refractivity contribution in [1.29, 1.82) is 5.26 Å². The van der Waals surface area contributed by atoms with E-state index in [1.807, 2.05) is 18.3 Å². The summed E-state index contributed by atoms with van der Waals surface area (Å²) >= 11 is 0. The minimum Gasteiger partial charge on any atom is -0.361 e. The molecule has 0 aliphatic carbocycles. The second-order valence-electron chi connectivity index (χ2n) is 5.01. The van der Waals surface area contributed by atoms with Crippen LogP contribution in [0.1, 0.15) is 19.0 Å². The molecule has 2 unspecified atom stereocenters. The second kappa shape index (κ2) is 4.01. The largest absolute Gasteiger partial charge is 0.361 e. The Bertz CT molecular complexity index is 447. The zero-order valence-electron chi connectivity index (χ0n) is 9.93. The Morgan fingerprint density at radius 1 is 1.47 bits per heavy atom. The van der Waals surface area contributed by atoms with Crippen molar-refractivity contribution in [1.82, 2.24) is 10.3 Å². The molecule has 3 atom stereocenters. The quantitative estimate of drug-likeness (QED) is 0.783. The van der Waals surface area contributed by atoms with Gasteiger partial charge in [0, 0.05) is 25.2 Å². The van der Waals surface area contributed by atoms with E-state index in [2.05, 4.69) is 28.2 Å². The molecule has 3 heterocycles. The zero-order chi connectivity index (χ0) is 11.8. The number of pyridine rings is 1. The van der Waals surface area contributed by atoms with Crippen LogP contribution in [0.15, 0.2) is 18.3 Å². The van der Waals surface area contributed by atoms with Crippen molar-refractivity contribution in [3.05, 3.63) is 24.0 Å². The van der Waals surface area contributed by atoms with Gasteiger partial charge in [0.15, 0.2) is 0 Å². The Kier molecular flexibility index (Phi) is 2.49. The molecule has 0 saturated carbocycles. The molecule has 17 heavy (non-hydrogen) atoms. The van der Waals surface area contributed by atoms with Crippen LogP contribution in [0, 0.1) is 17.2 Å². The Balaban J connectivity index is 1.91. The first-order chi connectivity index (χ1) is 8.29. The lowest BCUT2D eigenvalue weighted by atomic mass is 10.0. The lowest BCUT2D eigenvalue weighted by Crippen LogP contribution is -2.52. The van der Waals surface area contributed by atoms with E-state index in [1.165, 1.54) is 6.42 Å². The van der Waals surface area contributed by atoms with Gasteiger partial charge in [-0.05, 0) is 24.5 Å². The summed E-state index contributed by atoms with van der Waals surface area (Å²) in [5, 5.41) is 12.2. The summed E-state index contributed by atoms with van der Waals surface area (Å²) in [5.41, 5.74) is 1.65. The monoisotopic (exact) mass is 228 g/mol. The number of hydrogen-bond donors (Lipinski definition) is 1. The van der Waals surface area contributed by atoms with E-state index in [0.717, 1.165) is 24.7 Å². The standard InChI is InChI=1S/C13H16N4/c1-9-4-12-6-15-8-13(9)17(12)11-3-2-10(5-14)16-7-11/h2-3,7,9,12-13,15H,4,6,8H2,1H3/t9-,12?,13?/m0/s1. The molecule has 1 aromatic heterocycles. The minimum atomic E-state index is 0.490. The fourth-order valence-electron chi connectivity index (χ4n) is 3.13. The fourth-order valence-corrected chi connectivity index (χ4v) is 3.13. The van der Waals surface area contributed by atoms with Gasteiger partial charge in [0.25, 0.3) is 0 Å². The summed E-state index contributed by atoms with van der Waals surface area (Å²) in [4.78, 5) is 6.65. The van der Waals surface area contributed by atoms with Crippen molar-refractivity contribution >= 4 is 5.69 Å². The number of piperazine rings is 1. The zero-order valence-corrected chi connectivity index (χ0v) is 9.93. The van der Waals surface area contributed by atoms with Crippen LogP contribution in [-0.4, -0.2) is 30.2 Å². The number of nitrogens with one attached hydrogen (secondary N) is 1. The molecule has 0 radical (unpaired) electrons. The van der Waals surface area contributed by atoms with Crippen molar-refractivity contribution in [2.24, 2.45) is 5.92 Å². The molecule has 2 bridgehead atoms. The van der Waals surface area contributed by atoms with E-state index in [1.54, 1.807) is 0 Å². The Morgan fingerprint density at radius 2 is 2.35 bits per heavy atom. The van der Waals surface area contributed by atoms with E-state index < -0.39 is 0 Å². The van der Waals surface area contributed by atoms with Gasteiger partial charge in [0.1, 0.15) is 11.8 Å². The van der Waals surface area contributed by atoms with Gasteiger partial charge in [-0.25, -0.2) is 4.98 Å². The first kappa shape index (κ1) is 10.5. The van der Waals surface area contributed by atoms with E-state index in [9.17, 15) is 0 Å². The van der Waals surface area contributed by atoms with Crippen LogP contribution < -0.4 is 10.2 Å². The first-order valence-electron chi connectivity index (χ1n) is 6.15. The third-order valence-corrected chi connectivity index (χ3v) is 3.95. The maximum absolute atomic E-state index is 8.76. The van der Waals surface area contributed by atoms with Crippen LogP contribution in [0.25, 0.3) is 0 Å². The summed E-state index contributed by atoms with van der Waals surface area (Å²) in [5.74, 6) is 0.727. The highest BCUT2D eigenvalue weighted by molar-refractivity contribution is 5.50. The molecule has 4 heteroatoms. The highest BCUT2D eigenvalue weighted by atomic mass is 15.3. The van der Waals surface area contributed by atoms with Gasteiger partial charge >= 0.3 is 0 Å². The molecule has 2 fully saturated rings. The average molecular weight is 228 g/mol. The summed E-state index contributed by atoms with van der Waals surface area (Å²) in [6, 6.07) is 7.05. The second-order valence-corrected chi connectivity index (χ2v) is 5.01. The molecule has 0 spiro atoms. The molecular weight excluding hydrogens is 212 g/mol. The van der Waals surface area contributed by atoms with Crippen LogP contribution in [0.4, 0.5) is 5.69 Å². The van der Waals surface area contributed by atoms with Gasteiger partial charge in [0.2, 0.25) is 0 Å².